The minimum absolute atomic E-state index is 0. The Morgan fingerprint density at radius 3 is 3.09 bits per heavy atom. The number of nitrogens with two attached hydrogens (primary N) is 1. The van der Waals surface area contributed by atoms with Crippen LogP contribution in [0.15, 0.2) is 26.9 Å². The summed E-state index contributed by atoms with van der Waals surface area (Å²) in [6.45, 7) is 4.15. The molecular formula is C15H22ClN5OS. The van der Waals surface area contributed by atoms with E-state index in [1.807, 2.05) is 18.2 Å². The molecule has 23 heavy (non-hydrogen) atoms. The van der Waals surface area contributed by atoms with E-state index in [0.29, 0.717) is 25.0 Å². The van der Waals surface area contributed by atoms with E-state index in [0.717, 1.165) is 47.8 Å². The number of nitrogens with zero attached hydrogens (tertiary/aromatic N) is 3. The summed E-state index contributed by atoms with van der Waals surface area (Å²) in [5.41, 5.74) is 8.15. The number of likely N-dealkylation sites (tertiary alicyclic amines) is 1. The van der Waals surface area contributed by atoms with Gasteiger partial charge >= 0.3 is 0 Å². The van der Waals surface area contributed by atoms with Crippen LogP contribution in [0.1, 0.15) is 19.8 Å². The Labute approximate surface area is 146 Å². The first-order valence-electron chi connectivity index (χ1n) is 7.62. The van der Waals surface area contributed by atoms with Crippen LogP contribution in [-0.4, -0.2) is 36.5 Å². The monoisotopic (exact) mass is 355 g/mol. The number of benzene rings is 1. The first kappa shape index (κ1) is 18.1. The number of carbonyl (C=O) groups excluding carboxylic acids is 1. The van der Waals surface area contributed by atoms with E-state index in [1.165, 1.54) is 0 Å². The SMILES string of the molecule is CC1CCN(CC(=O)Nc2cccc3c2N=S=N3)C(CN)C1.Cl. The number of carbonyl (C=O) groups is 1. The molecule has 2 atom stereocenters. The zero-order valence-electron chi connectivity index (χ0n) is 13.1. The molecule has 6 nitrogen and oxygen atoms in total. The summed E-state index contributed by atoms with van der Waals surface area (Å²) in [5, 5.41) is 2.96. The maximum atomic E-state index is 12.4. The molecule has 0 saturated carbocycles. The number of halogens is 1. The van der Waals surface area contributed by atoms with Crippen molar-refractivity contribution in [3.8, 4) is 0 Å². The zero-order chi connectivity index (χ0) is 15.5. The molecule has 2 heterocycles. The minimum Gasteiger partial charge on any atom is -0.329 e. The normalized spacial score (nSPS) is 22.9. The van der Waals surface area contributed by atoms with E-state index in [-0.39, 0.29) is 18.3 Å². The molecule has 2 unspecified atom stereocenters. The van der Waals surface area contributed by atoms with E-state index in [4.69, 9.17) is 5.73 Å². The standard InChI is InChI=1S/C15H21N5OS.ClH/c1-10-5-6-20(11(7-10)8-16)9-14(21)17-12-3-2-4-13-15(12)19-22-18-13;/h2-4,10-11H,5-9,16H2,1H3,(H,17,21);1H. The molecule has 8 heteroatoms. The Morgan fingerprint density at radius 1 is 1.48 bits per heavy atom. The van der Waals surface area contributed by atoms with E-state index in [9.17, 15) is 4.79 Å². The van der Waals surface area contributed by atoms with Crippen molar-refractivity contribution >= 4 is 46.7 Å². The lowest BCUT2D eigenvalue weighted by Crippen LogP contribution is -2.49. The van der Waals surface area contributed by atoms with Gasteiger partial charge in [0.25, 0.3) is 0 Å². The highest BCUT2D eigenvalue weighted by molar-refractivity contribution is 7.58. The van der Waals surface area contributed by atoms with Crippen molar-refractivity contribution < 1.29 is 4.79 Å². The van der Waals surface area contributed by atoms with Gasteiger partial charge in [0.1, 0.15) is 11.4 Å². The molecule has 126 valence electrons. The van der Waals surface area contributed by atoms with Gasteiger partial charge in [-0.3, -0.25) is 9.69 Å². The van der Waals surface area contributed by atoms with Gasteiger partial charge < -0.3 is 11.1 Å². The highest BCUT2D eigenvalue weighted by Crippen LogP contribution is 2.38. The summed E-state index contributed by atoms with van der Waals surface area (Å²) in [6.07, 6.45) is 2.19. The molecule has 0 aliphatic carbocycles. The van der Waals surface area contributed by atoms with Crippen LogP contribution in [0.2, 0.25) is 0 Å². The van der Waals surface area contributed by atoms with Crippen molar-refractivity contribution in [2.45, 2.75) is 25.8 Å². The second-order valence-corrected chi connectivity index (χ2v) is 6.50. The zero-order valence-corrected chi connectivity index (χ0v) is 14.7. The third-order valence-electron chi connectivity index (χ3n) is 4.28. The van der Waals surface area contributed by atoms with E-state index in [2.05, 4.69) is 25.9 Å². The molecule has 2 aliphatic heterocycles. The Balaban J connectivity index is 0.00000192. The Hall–Kier alpha value is -1.28. The summed E-state index contributed by atoms with van der Waals surface area (Å²) in [4.78, 5) is 14.5. The third kappa shape index (κ3) is 4.17. The molecule has 1 amide bonds. The van der Waals surface area contributed by atoms with E-state index in [1.54, 1.807) is 0 Å². The molecule has 0 radical (unpaired) electrons. The fraction of sp³-hybridized carbons (Fsp3) is 0.533. The highest BCUT2D eigenvalue weighted by atomic mass is 35.5. The molecule has 2 aliphatic rings. The molecule has 1 aromatic carbocycles. The number of hydrogen-bond donors (Lipinski definition) is 2. The summed E-state index contributed by atoms with van der Waals surface area (Å²) in [7, 11) is 0. The second-order valence-electron chi connectivity index (χ2n) is 5.98. The van der Waals surface area contributed by atoms with Crippen molar-refractivity contribution in [1.82, 2.24) is 4.90 Å². The van der Waals surface area contributed by atoms with Crippen LogP contribution in [-0.2, 0) is 16.1 Å². The van der Waals surface area contributed by atoms with Gasteiger partial charge in [-0.2, -0.15) is 8.73 Å². The molecular weight excluding hydrogens is 334 g/mol. The fourth-order valence-electron chi connectivity index (χ4n) is 3.03. The largest absolute Gasteiger partial charge is 0.329 e. The number of amides is 1. The molecule has 0 bridgehead atoms. The molecule has 3 rings (SSSR count). The minimum atomic E-state index is -0.0199. The van der Waals surface area contributed by atoms with Crippen molar-refractivity contribution in [2.24, 2.45) is 20.4 Å². The van der Waals surface area contributed by atoms with Crippen LogP contribution in [0.4, 0.5) is 17.1 Å². The van der Waals surface area contributed by atoms with Gasteiger partial charge in [-0.25, -0.2) is 0 Å². The number of fused-ring (bicyclic) bond motifs is 1. The Bertz CT molecular complexity index is 647. The average Bonchev–Trinajstić information content (AvgIpc) is 2.98. The smallest absolute Gasteiger partial charge is 0.238 e. The lowest BCUT2D eigenvalue weighted by atomic mass is 9.92. The molecule has 1 fully saturated rings. The predicted molar refractivity (Wildman–Crippen MR) is 96.7 cm³/mol. The maximum Gasteiger partial charge on any atom is 0.238 e. The third-order valence-corrected chi connectivity index (χ3v) is 4.82. The number of nitrogens with one attached hydrogen (secondary N) is 1. The maximum absolute atomic E-state index is 12.4. The Kier molecular flexibility index (Phi) is 6.29. The lowest BCUT2D eigenvalue weighted by molar-refractivity contribution is -0.118. The van der Waals surface area contributed by atoms with Crippen molar-refractivity contribution in [1.29, 1.82) is 0 Å². The van der Waals surface area contributed by atoms with Gasteiger partial charge in [0.15, 0.2) is 0 Å². The lowest BCUT2D eigenvalue weighted by Gasteiger charge is -2.37. The van der Waals surface area contributed by atoms with E-state index >= 15 is 0 Å². The van der Waals surface area contributed by atoms with Crippen LogP contribution >= 0.6 is 12.4 Å². The molecule has 1 saturated heterocycles. The molecule has 3 N–H and O–H groups in total. The summed E-state index contributed by atoms with van der Waals surface area (Å²) < 4.78 is 8.43. The first-order valence-corrected chi connectivity index (χ1v) is 8.35. The summed E-state index contributed by atoms with van der Waals surface area (Å²) >= 11 is 1.16. The van der Waals surface area contributed by atoms with E-state index < -0.39 is 0 Å². The van der Waals surface area contributed by atoms with Crippen LogP contribution in [0, 0.1) is 5.92 Å². The predicted octanol–water partition coefficient (Wildman–Crippen LogP) is 2.83. The highest BCUT2D eigenvalue weighted by Gasteiger charge is 2.27. The van der Waals surface area contributed by atoms with Crippen molar-refractivity contribution in [2.75, 3.05) is 25.0 Å². The number of rotatable bonds is 4. The van der Waals surface area contributed by atoms with Gasteiger partial charge in [0.2, 0.25) is 5.91 Å². The first-order chi connectivity index (χ1) is 10.7. The molecule has 0 spiro atoms. The second kappa shape index (κ2) is 8.01. The topological polar surface area (TPSA) is 83.1 Å². The van der Waals surface area contributed by atoms with Gasteiger partial charge in [-0.15, -0.1) is 12.4 Å². The molecule has 0 aromatic heterocycles. The number of anilines is 1. The Morgan fingerprint density at radius 2 is 2.30 bits per heavy atom. The summed E-state index contributed by atoms with van der Waals surface area (Å²) in [5.74, 6) is 0.663. The molecule has 1 aromatic rings. The van der Waals surface area contributed by atoms with Gasteiger partial charge in [-0.05, 0) is 37.4 Å². The quantitative estimate of drug-likeness (QED) is 0.884. The van der Waals surface area contributed by atoms with Crippen LogP contribution in [0.3, 0.4) is 0 Å². The van der Waals surface area contributed by atoms with Crippen molar-refractivity contribution in [3.63, 3.8) is 0 Å². The van der Waals surface area contributed by atoms with Gasteiger partial charge in [-0.1, -0.05) is 13.0 Å². The van der Waals surface area contributed by atoms with Crippen LogP contribution in [0.25, 0.3) is 0 Å². The average molecular weight is 356 g/mol. The van der Waals surface area contributed by atoms with Crippen molar-refractivity contribution in [3.05, 3.63) is 18.2 Å². The fourth-order valence-corrected chi connectivity index (χ4v) is 3.58. The van der Waals surface area contributed by atoms with Crippen LogP contribution in [0.5, 0.6) is 0 Å². The van der Waals surface area contributed by atoms with Gasteiger partial charge in [0, 0.05) is 12.6 Å². The number of piperidine rings is 1. The number of hydrogen-bond acceptors (Lipinski definition) is 5. The van der Waals surface area contributed by atoms with Crippen LogP contribution < -0.4 is 11.1 Å². The summed E-state index contributed by atoms with van der Waals surface area (Å²) in [6, 6.07) is 5.93. The van der Waals surface area contributed by atoms with Gasteiger partial charge in [0.05, 0.1) is 23.6 Å².